The van der Waals surface area contributed by atoms with Crippen LogP contribution in [-0.4, -0.2) is 26.5 Å². The minimum atomic E-state index is -0.381. The van der Waals surface area contributed by atoms with E-state index in [0.717, 1.165) is 11.8 Å². The van der Waals surface area contributed by atoms with Crippen LogP contribution in [0, 0.1) is 11.6 Å². The van der Waals surface area contributed by atoms with Crippen molar-refractivity contribution in [1.82, 2.24) is 14.9 Å². The molecule has 7 nitrogen and oxygen atoms in total. The van der Waals surface area contributed by atoms with Crippen LogP contribution in [0.3, 0.4) is 0 Å². The van der Waals surface area contributed by atoms with Crippen LogP contribution < -0.4 is 15.9 Å². The molecule has 2 aromatic carbocycles. The van der Waals surface area contributed by atoms with Crippen molar-refractivity contribution in [2.75, 3.05) is 16.9 Å². The van der Waals surface area contributed by atoms with E-state index < -0.39 is 0 Å². The van der Waals surface area contributed by atoms with Crippen LogP contribution in [0.5, 0.6) is 5.75 Å². The van der Waals surface area contributed by atoms with Gasteiger partial charge in [0, 0.05) is 5.69 Å². The number of nitrogens with one attached hydrogen (secondary N) is 1. The maximum absolute atomic E-state index is 12.9. The largest absolute Gasteiger partial charge is 0.486 e. The number of halogens is 2. The second-order valence-electron chi connectivity index (χ2n) is 5.36. The van der Waals surface area contributed by atoms with Crippen molar-refractivity contribution in [2.24, 2.45) is 0 Å². The van der Waals surface area contributed by atoms with Gasteiger partial charge in [-0.3, -0.25) is 4.79 Å². The van der Waals surface area contributed by atoms with Crippen LogP contribution in [-0.2, 0) is 11.4 Å². The molecule has 3 aromatic rings. The summed E-state index contributed by atoms with van der Waals surface area (Å²) in [5.74, 6) is 5.73. The Morgan fingerprint density at radius 3 is 2.37 bits per heavy atom. The van der Waals surface area contributed by atoms with Gasteiger partial charge in [-0.2, -0.15) is 0 Å². The quantitative estimate of drug-likeness (QED) is 0.475. The van der Waals surface area contributed by atoms with Gasteiger partial charge in [-0.25, -0.2) is 13.5 Å². The molecule has 1 amide bonds. The van der Waals surface area contributed by atoms with Crippen LogP contribution in [0.1, 0.15) is 5.82 Å². The Balaban J connectivity index is 1.51. The monoisotopic (exact) mass is 391 g/mol. The van der Waals surface area contributed by atoms with Gasteiger partial charge in [-0.1, -0.05) is 11.8 Å². The standard InChI is InChI=1S/C17H15F2N5O2S/c18-11-1-5-13(6-2-11)21-16(25)10-27-17-23-22-15(24(17)20)9-26-14-7-3-12(19)4-8-14/h1-8H,9-10,20H2,(H,21,25). The SMILES string of the molecule is Nn1c(COc2ccc(F)cc2)nnc1SCC(=O)Nc1ccc(F)cc1. The Bertz CT molecular complexity index is 916. The number of nitrogens with zero attached hydrogens (tertiary/aromatic N) is 3. The second-order valence-corrected chi connectivity index (χ2v) is 6.30. The summed E-state index contributed by atoms with van der Waals surface area (Å²) < 4.78 is 32.4. The molecule has 10 heteroatoms. The number of hydrogen-bond donors (Lipinski definition) is 2. The Kier molecular flexibility index (Phi) is 5.87. The average Bonchev–Trinajstić information content (AvgIpc) is 3.01. The number of amides is 1. The minimum absolute atomic E-state index is 0.0392. The zero-order valence-corrected chi connectivity index (χ0v) is 14.7. The van der Waals surface area contributed by atoms with E-state index in [0.29, 0.717) is 22.4 Å². The molecule has 0 aliphatic rings. The van der Waals surface area contributed by atoms with E-state index >= 15 is 0 Å². The molecule has 0 spiro atoms. The number of anilines is 1. The third-order valence-electron chi connectivity index (χ3n) is 3.38. The summed E-state index contributed by atoms with van der Waals surface area (Å²) in [6.45, 7) is 0.0392. The highest BCUT2D eigenvalue weighted by Gasteiger charge is 2.13. The lowest BCUT2D eigenvalue weighted by Gasteiger charge is -2.07. The molecule has 0 saturated heterocycles. The average molecular weight is 391 g/mol. The topological polar surface area (TPSA) is 95.1 Å². The number of hydrogen-bond acceptors (Lipinski definition) is 6. The number of thioether (sulfide) groups is 1. The lowest BCUT2D eigenvalue weighted by Crippen LogP contribution is -2.18. The van der Waals surface area contributed by atoms with Gasteiger partial charge in [0.15, 0.2) is 5.82 Å². The van der Waals surface area contributed by atoms with Gasteiger partial charge in [-0.15, -0.1) is 10.2 Å². The van der Waals surface area contributed by atoms with E-state index in [1.54, 1.807) is 0 Å². The van der Waals surface area contributed by atoms with Gasteiger partial charge in [0.05, 0.1) is 5.75 Å². The third kappa shape index (κ3) is 5.17. The summed E-state index contributed by atoms with van der Waals surface area (Å²) in [6.07, 6.45) is 0. The highest BCUT2D eigenvalue weighted by molar-refractivity contribution is 7.99. The van der Waals surface area contributed by atoms with Crippen molar-refractivity contribution >= 4 is 23.4 Å². The Morgan fingerprint density at radius 2 is 1.70 bits per heavy atom. The summed E-state index contributed by atoms with van der Waals surface area (Å²) in [7, 11) is 0. The predicted molar refractivity (Wildman–Crippen MR) is 96.7 cm³/mol. The molecule has 0 aliphatic heterocycles. The van der Waals surface area contributed by atoms with Crippen molar-refractivity contribution in [1.29, 1.82) is 0 Å². The molecular formula is C17H15F2N5O2S. The summed E-state index contributed by atoms with van der Waals surface area (Å²) >= 11 is 1.10. The van der Waals surface area contributed by atoms with E-state index in [1.807, 2.05) is 0 Å². The van der Waals surface area contributed by atoms with E-state index in [-0.39, 0.29) is 29.9 Å². The molecule has 0 atom stereocenters. The zero-order chi connectivity index (χ0) is 19.2. The molecule has 0 saturated carbocycles. The summed E-state index contributed by atoms with van der Waals surface area (Å²) in [5.41, 5.74) is 0.490. The number of benzene rings is 2. The lowest BCUT2D eigenvalue weighted by atomic mass is 10.3. The van der Waals surface area contributed by atoms with E-state index in [2.05, 4.69) is 15.5 Å². The number of aromatic nitrogens is 3. The maximum atomic E-state index is 12.9. The molecule has 1 heterocycles. The number of rotatable bonds is 7. The van der Waals surface area contributed by atoms with Crippen molar-refractivity contribution in [3.8, 4) is 5.75 Å². The number of carbonyl (C=O) groups is 1. The Labute approximate surface area is 157 Å². The molecular weight excluding hydrogens is 376 g/mol. The van der Waals surface area contributed by atoms with Crippen molar-refractivity contribution in [2.45, 2.75) is 11.8 Å². The van der Waals surface area contributed by atoms with Gasteiger partial charge in [0.25, 0.3) is 0 Å². The van der Waals surface area contributed by atoms with Crippen LogP contribution in [0.25, 0.3) is 0 Å². The number of ether oxygens (including phenoxy) is 1. The molecule has 3 N–H and O–H groups in total. The minimum Gasteiger partial charge on any atom is -0.486 e. The first-order valence-electron chi connectivity index (χ1n) is 7.77. The van der Waals surface area contributed by atoms with Crippen LogP contribution in [0.2, 0.25) is 0 Å². The Morgan fingerprint density at radius 1 is 1.07 bits per heavy atom. The van der Waals surface area contributed by atoms with E-state index in [1.165, 1.54) is 53.2 Å². The normalized spacial score (nSPS) is 10.6. The molecule has 0 unspecified atom stereocenters. The van der Waals surface area contributed by atoms with E-state index in [4.69, 9.17) is 10.6 Å². The highest BCUT2D eigenvalue weighted by atomic mass is 32.2. The van der Waals surface area contributed by atoms with Crippen molar-refractivity contribution in [3.05, 3.63) is 66.0 Å². The molecule has 3 rings (SSSR count). The van der Waals surface area contributed by atoms with Gasteiger partial charge < -0.3 is 15.9 Å². The summed E-state index contributed by atoms with van der Waals surface area (Å²) in [6, 6.07) is 11.0. The van der Waals surface area contributed by atoms with Crippen molar-refractivity contribution < 1.29 is 18.3 Å². The fraction of sp³-hybridized carbons (Fsp3) is 0.118. The molecule has 27 heavy (non-hydrogen) atoms. The summed E-state index contributed by atoms with van der Waals surface area (Å²) in [4.78, 5) is 11.9. The van der Waals surface area contributed by atoms with Crippen LogP contribution >= 0.6 is 11.8 Å². The van der Waals surface area contributed by atoms with Gasteiger partial charge >= 0.3 is 0 Å². The molecule has 0 aliphatic carbocycles. The molecule has 0 fully saturated rings. The predicted octanol–water partition coefficient (Wildman–Crippen LogP) is 2.58. The van der Waals surface area contributed by atoms with E-state index in [9.17, 15) is 13.6 Å². The smallest absolute Gasteiger partial charge is 0.234 e. The molecule has 140 valence electrons. The van der Waals surface area contributed by atoms with Crippen LogP contribution in [0.4, 0.5) is 14.5 Å². The first-order valence-corrected chi connectivity index (χ1v) is 8.76. The fourth-order valence-electron chi connectivity index (χ4n) is 2.04. The number of nitrogen functional groups attached to an aromatic ring is 1. The fourth-order valence-corrected chi connectivity index (χ4v) is 2.72. The maximum Gasteiger partial charge on any atom is 0.234 e. The number of carbonyl (C=O) groups excluding carboxylic acids is 1. The summed E-state index contributed by atoms with van der Waals surface area (Å²) in [5, 5.41) is 10.8. The first kappa shape index (κ1) is 18.6. The third-order valence-corrected chi connectivity index (χ3v) is 4.32. The first-order chi connectivity index (χ1) is 13.0. The second kappa shape index (κ2) is 8.49. The molecule has 1 aromatic heterocycles. The van der Waals surface area contributed by atoms with Crippen molar-refractivity contribution in [3.63, 3.8) is 0 Å². The highest BCUT2D eigenvalue weighted by Crippen LogP contribution is 2.17. The molecule has 0 bridgehead atoms. The van der Waals surface area contributed by atoms with Gasteiger partial charge in [0.2, 0.25) is 11.1 Å². The van der Waals surface area contributed by atoms with Gasteiger partial charge in [0.1, 0.15) is 24.0 Å². The van der Waals surface area contributed by atoms with Gasteiger partial charge in [-0.05, 0) is 48.5 Å². The number of nitrogens with two attached hydrogens (primary N) is 1. The Hall–Kier alpha value is -3.14. The lowest BCUT2D eigenvalue weighted by molar-refractivity contribution is -0.113. The van der Waals surface area contributed by atoms with Crippen LogP contribution in [0.15, 0.2) is 53.7 Å². The molecule has 0 radical (unpaired) electrons. The zero-order valence-electron chi connectivity index (χ0n) is 13.9.